The quantitative estimate of drug-likeness (QED) is 0.873. The molecule has 1 saturated heterocycles. The number of hydrogen-bond donors (Lipinski definition) is 2. The maximum atomic E-state index is 11.3. The van der Waals surface area contributed by atoms with Crippen LogP contribution in [0.25, 0.3) is 0 Å². The third-order valence-electron chi connectivity index (χ3n) is 2.81. The zero-order valence-corrected chi connectivity index (χ0v) is 11.7. The molecule has 0 saturated carbocycles. The fourth-order valence-corrected chi connectivity index (χ4v) is 2.47. The first kappa shape index (κ1) is 14.2. The van der Waals surface area contributed by atoms with E-state index >= 15 is 0 Å². The number of aliphatic hydroxyl groups is 1. The number of nitrogens with zero attached hydrogens (tertiary/aromatic N) is 1. The van der Waals surface area contributed by atoms with E-state index in [0.29, 0.717) is 47.6 Å². The number of halogens is 2. The van der Waals surface area contributed by atoms with Crippen molar-refractivity contribution < 1.29 is 14.6 Å². The van der Waals surface area contributed by atoms with Gasteiger partial charge in [-0.2, -0.15) is 0 Å². The highest BCUT2D eigenvalue weighted by atomic mass is 35.5. The Morgan fingerprint density at radius 2 is 2.21 bits per heavy atom. The summed E-state index contributed by atoms with van der Waals surface area (Å²) in [7, 11) is 0. The maximum Gasteiger partial charge on any atom is 0.317 e. The molecule has 0 radical (unpaired) electrons. The Kier molecular flexibility index (Phi) is 4.74. The van der Waals surface area contributed by atoms with Crippen LogP contribution in [0.3, 0.4) is 0 Å². The molecule has 7 heteroatoms. The second-order valence-electron chi connectivity index (χ2n) is 4.10. The van der Waals surface area contributed by atoms with Crippen molar-refractivity contribution in [3.8, 4) is 5.75 Å². The first-order valence-electron chi connectivity index (χ1n) is 5.86. The highest BCUT2D eigenvalue weighted by Crippen LogP contribution is 2.32. The van der Waals surface area contributed by atoms with Gasteiger partial charge >= 0.3 is 6.03 Å². The third-order valence-corrected chi connectivity index (χ3v) is 3.31. The summed E-state index contributed by atoms with van der Waals surface area (Å²) >= 11 is 11.9. The Bertz CT molecular complexity index is 482. The molecule has 1 aromatic carbocycles. The zero-order chi connectivity index (χ0) is 13.8. The van der Waals surface area contributed by atoms with Gasteiger partial charge < -0.3 is 20.1 Å². The van der Waals surface area contributed by atoms with Crippen LogP contribution in [0.2, 0.25) is 10.0 Å². The minimum atomic E-state index is -0.209. The maximum absolute atomic E-state index is 11.3. The van der Waals surface area contributed by atoms with Crippen molar-refractivity contribution in [3.63, 3.8) is 0 Å². The van der Waals surface area contributed by atoms with Gasteiger partial charge in [0.05, 0.1) is 18.2 Å². The number of nitrogens with one attached hydrogen (secondary N) is 1. The van der Waals surface area contributed by atoms with Gasteiger partial charge in [0.1, 0.15) is 12.4 Å². The van der Waals surface area contributed by atoms with E-state index in [2.05, 4.69) is 5.32 Å². The lowest BCUT2D eigenvalue weighted by Gasteiger charge is -2.16. The van der Waals surface area contributed by atoms with Gasteiger partial charge in [0.25, 0.3) is 0 Å². The summed E-state index contributed by atoms with van der Waals surface area (Å²) in [5, 5.41) is 12.8. The molecule has 0 atom stereocenters. The molecule has 5 nitrogen and oxygen atoms in total. The summed E-state index contributed by atoms with van der Waals surface area (Å²) in [6, 6.07) is 3.07. The molecular weight excluding hydrogens is 291 g/mol. The SMILES string of the molecule is O=C1NCCN1CCOc1c(Cl)cc(Cl)cc1CO. The second-order valence-corrected chi connectivity index (χ2v) is 4.95. The molecule has 0 unspecified atom stereocenters. The largest absolute Gasteiger partial charge is 0.490 e. The average molecular weight is 305 g/mol. The highest BCUT2D eigenvalue weighted by molar-refractivity contribution is 6.35. The zero-order valence-electron chi connectivity index (χ0n) is 10.2. The van der Waals surface area contributed by atoms with Crippen LogP contribution in [0.5, 0.6) is 5.75 Å². The van der Waals surface area contributed by atoms with E-state index in [1.54, 1.807) is 17.0 Å². The van der Waals surface area contributed by atoms with Crippen molar-refractivity contribution in [1.82, 2.24) is 10.2 Å². The Labute approximate surface area is 121 Å². The van der Waals surface area contributed by atoms with E-state index in [-0.39, 0.29) is 12.6 Å². The smallest absolute Gasteiger partial charge is 0.317 e. The molecule has 2 N–H and O–H groups in total. The lowest BCUT2D eigenvalue weighted by Crippen LogP contribution is -2.31. The highest BCUT2D eigenvalue weighted by Gasteiger charge is 2.19. The number of urea groups is 1. The number of hydrogen-bond acceptors (Lipinski definition) is 3. The lowest BCUT2D eigenvalue weighted by molar-refractivity contribution is 0.200. The summed E-state index contributed by atoms with van der Waals surface area (Å²) in [5.41, 5.74) is 0.531. The van der Waals surface area contributed by atoms with Gasteiger partial charge in [-0.15, -0.1) is 0 Å². The lowest BCUT2D eigenvalue weighted by atomic mass is 10.2. The van der Waals surface area contributed by atoms with Crippen molar-refractivity contribution in [2.75, 3.05) is 26.2 Å². The Hall–Kier alpha value is -1.17. The summed E-state index contributed by atoms with van der Waals surface area (Å²) in [4.78, 5) is 13.0. The van der Waals surface area contributed by atoms with Crippen LogP contribution in [0, 0.1) is 0 Å². The van der Waals surface area contributed by atoms with E-state index in [9.17, 15) is 9.90 Å². The molecular formula is C12H14Cl2N2O3. The van der Waals surface area contributed by atoms with Crippen molar-refractivity contribution in [2.24, 2.45) is 0 Å². The molecule has 1 fully saturated rings. The van der Waals surface area contributed by atoms with Crippen LogP contribution < -0.4 is 10.1 Å². The fourth-order valence-electron chi connectivity index (χ4n) is 1.88. The van der Waals surface area contributed by atoms with Gasteiger partial charge in [-0.05, 0) is 12.1 Å². The van der Waals surface area contributed by atoms with Gasteiger partial charge in [0, 0.05) is 23.7 Å². The van der Waals surface area contributed by atoms with Gasteiger partial charge in [0.2, 0.25) is 0 Å². The molecule has 1 heterocycles. The fraction of sp³-hybridized carbons (Fsp3) is 0.417. The van der Waals surface area contributed by atoms with Crippen molar-refractivity contribution in [1.29, 1.82) is 0 Å². The molecule has 0 aromatic heterocycles. The summed E-state index contributed by atoms with van der Waals surface area (Å²) in [6.07, 6.45) is 0. The molecule has 0 bridgehead atoms. The van der Waals surface area contributed by atoms with Crippen LogP contribution in [0.4, 0.5) is 4.79 Å². The van der Waals surface area contributed by atoms with E-state index in [4.69, 9.17) is 27.9 Å². The van der Waals surface area contributed by atoms with E-state index in [1.807, 2.05) is 0 Å². The Morgan fingerprint density at radius 1 is 1.42 bits per heavy atom. The first-order chi connectivity index (χ1) is 9.11. The minimum Gasteiger partial charge on any atom is -0.490 e. The van der Waals surface area contributed by atoms with Crippen LogP contribution >= 0.6 is 23.2 Å². The average Bonchev–Trinajstić information content (AvgIpc) is 2.77. The number of amides is 2. The Balaban J connectivity index is 1.97. The molecule has 0 aliphatic carbocycles. The standard InChI is InChI=1S/C12H14Cl2N2O3/c13-9-5-8(7-17)11(10(14)6-9)19-4-3-16-2-1-15-12(16)18/h5-6,17H,1-4,7H2,(H,15,18). The predicted octanol–water partition coefficient (Wildman–Crippen LogP) is 1.89. The van der Waals surface area contributed by atoms with Gasteiger partial charge in [-0.25, -0.2) is 4.79 Å². The molecule has 2 amide bonds. The van der Waals surface area contributed by atoms with Crippen LogP contribution in [0.15, 0.2) is 12.1 Å². The predicted molar refractivity (Wildman–Crippen MR) is 72.9 cm³/mol. The molecule has 104 valence electrons. The Morgan fingerprint density at radius 3 is 2.84 bits per heavy atom. The van der Waals surface area contributed by atoms with Gasteiger partial charge in [-0.1, -0.05) is 23.2 Å². The number of benzene rings is 1. The third kappa shape index (κ3) is 3.43. The van der Waals surface area contributed by atoms with Crippen LogP contribution in [-0.2, 0) is 6.61 Å². The van der Waals surface area contributed by atoms with Crippen LogP contribution in [0.1, 0.15) is 5.56 Å². The number of aliphatic hydroxyl groups excluding tert-OH is 1. The summed E-state index contributed by atoms with van der Waals surface area (Å²) in [5.74, 6) is 0.410. The molecule has 19 heavy (non-hydrogen) atoms. The minimum absolute atomic E-state index is 0.0896. The normalized spacial score (nSPS) is 14.7. The van der Waals surface area contributed by atoms with Gasteiger partial charge in [-0.3, -0.25) is 0 Å². The number of ether oxygens (including phenoxy) is 1. The number of carbonyl (C=O) groups is 1. The second kappa shape index (κ2) is 6.32. The number of rotatable bonds is 5. The van der Waals surface area contributed by atoms with Crippen LogP contribution in [-0.4, -0.2) is 42.3 Å². The van der Waals surface area contributed by atoms with Gasteiger partial charge in [0.15, 0.2) is 0 Å². The van der Waals surface area contributed by atoms with Crippen molar-refractivity contribution in [3.05, 3.63) is 27.7 Å². The van der Waals surface area contributed by atoms with Crippen molar-refractivity contribution >= 4 is 29.2 Å². The number of carbonyl (C=O) groups excluding carboxylic acids is 1. The topological polar surface area (TPSA) is 61.8 Å². The molecule has 1 aliphatic rings. The van der Waals surface area contributed by atoms with E-state index < -0.39 is 0 Å². The van der Waals surface area contributed by atoms with Crippen molar-refractivity contribution in [2.45, 2.75) is 6.61 Å². The molecule has 2 rings (SSSR count). The summed E-state index contributed by atoms with van der Waals surface area (Å²) < 4.78 is 5.55. The monoisotopic (exact) mass is 304 g/mol. The summed E-state index contributed by atoms with van der Waals surface area (Å²) in [6.45, 7) is 1.89. The molecule has 0 spiro atoms. The van der Waals surface area contributed by atoms with E-state index in [0.717, 1.165) is 0 Å². The van der Waals surface area contributed by atoms with E-state index in [1.165, 1.54) is 0 Å². The molecule has 1 aromatic rings. The first-order valence-corrected chi connectivity index (χ1v) is 6.61. The molecule has 1 aliphatic heterocycles.